The van der Waals surface area contributed by atoms with E-state index in [-0.39, 0.29) is 0 Å². The Morgan fingerprint density at radius 1 is 0.321 bits per heavy atom. The molecule has 0 aromatic heterocycles. The molecule has 0 aliphatic rings. The molecular formula is C54H62O2. The Hall–Kier alpha value is -5.34. The summed E-state index contributed by atoms with van der Waals surface area (Å²) in [6.45, 7) is 5.94. The number of hydrogen-bond donors (Lipinski definition) is 0. The van der Waals surface area contributed by atoms with E-state index in [1.807, 2.05) is 12.1 Å². The third-order valence-electron chi connectivity index (χ3n) is 9.97. The van der Waals surface area contributed by atoms with Crippen molar-refractivity contribution >= 4 is 48.6 Å². The zero-order valence-electron chi connectivity index (χ0n) is 33.9. The van der Waals surface area contributed by atoms with Crippen molar-refractivity contribution in [1.82, 2.24) is 0 Å². The van der Waals surface area contributed by atoms with E-state index in [4.69, 9.17) is 9.47 Å². The molecule has 0 spiro atoms. The van der Waals surface area contributed by atoms with Crippen LogP contribution >= 0.6 is 0 Å². The van der Waals surface area contributed by atoms with Crippen LogP contribution in [0.15, 0.2) is 121 Å². The van der Waals surface area contributed by atoms with Crippen LogP contribution in [-0.2, 0) is 0 Å². The minimum absolute atomic E-state index is 0.703. The molecule has 2 nitrogen and oxygen atoms in total. The van der Waals surface area contributed by atoms with Crippen molar-refractivity contribution in [2.75, 3.05) is 13.2 Å². The minimum Gasteiger partial charge on any atom is -0.493 e. The van der Waals surface area contributed by atoms with Gasteiger partial charge in [0.15, 0.2) is 0 Å². The van der Waals surface area contributed by atoms with Crippen molar-refractivity contribution in [3.8, 4) is 11.5 Å². The van der Waals surface area contributed by atoms with E-state index in [2.05, 4.69) is 172 Å². The quantitative estimate of drug-likeness (QED) is 0.0463. The van der Waals surface area contributed by atoms with Crippen LogP contribution in [0.2, 0.25) is 0 Å². The summed E-state index contributed by atoms with van der Waals surface area (Å²) in [5.41, 5.74) is 9.10. The van der Waals surface area contributed by atoms with Gasteiger partial charge < -0.3 is 9.47 Å². The second-order valence-electron chi connectivity index (χ2n) is 14.6. The highest BCUT2D eigenvalue weighted by atomic mass is 16.5. The molecule has 0 aliphatic carbocycles. The molecule has 0 N–H and O–H groups in total. The van der Waals surface area contributed by atoms with Crippen molar-refractivity contribution in [2.24, 2.45) is 0 Å². The average Bonchev–Trinajstić information content (AvgIpc) is 3.25. The van der Waals surface area contributed by atoms with E-state index in [0.717, 1.165) is 46.6 Å². The molecule has 290 valence electrons. The molecule has 0 heterocycles. The molecule has 5 rings (SSSR count). The first-order valence-corrected chi connectivity index (χ1v) is 21.2. The van der Waals surface area contributed by atoms with Crippen LogP contribution in [0, 0.1) is 0 Å². The van der Waals surface area contributed by atoms with E-state index in [1.165, 1.54) is 86.5 Å². The summed E-state index contributed by atoms with van der Waals surface area (Å²) in [6, 6.07) is 42.6. The SMILES string of the molecule is CCCCCCCCOc1cc(C=Cc2ccc(C=Cc3ccccc3)cc2)c(OCCCCCCCC)cc1C=Cc1ccc(C=Cc2ccccc2)cc1. The molecule has 0 bridgehead atoms. The van der Waals surface area contributed by atoms with Gasteiger partial charge in [0.1, 0.15) is 11.5 Å². The van der Waals surface area contributed by atoms with Crippen LogP contribution in [0.3, 0.4) is 0 Å². The molecule has 0 saturated heterocycles. The van der Waals surface area contributed by atoms with Crippen LogP contribution in [0.25, 0.3) is 48.6 Å². The zero-order valence-corrected chi connectivity index (χ0v) is 33.9. The van der Waals surface area contributed by atoms with Crippen LogP contribution in [-0.4, -0.2) is 13.2 Å². The van der Waals surface area contributed by atoms with Gasteiger partial charge in [-0.3, -0.25) is 0 Å². The zero-order chi connectivity index (χ0) is 38.9. The van der Waals surface area contributed by atoms with E-state index in [0.29, 0.717) is 13.2 Å². The van der Waals surface area contributed by atoms with Crippen LogP contribution in [0.1, 0.15) is 135 Å². The summed E-state index contributed by atoms with van der Waals surface area (Å²) in [4.78, 5) is 0. The van der Waals surface area contributed by atoms with Crippen molar-refractivity contribution in [2.45, 2.75) is 90.9 Å². The third kappa shape index (κ3) is 15.4. The third-order valence-corrected chi connectivity index (χ3v) is 9.97. The Morgan fingerprint density at radius 3 is 0.946 bits per heavy atom. The first-order chi connectivity index (χ1) is 27.7. The van der Waals surface area contributed by atoms with Gasteiger partial charge in [0.25, 0.3) is 0 Å². The molecule has 0 aliphatic heterocycles. The second-order valence-corrected chi connectivity index (χ2v) is 14.6. The number of hydrogen-bond acceptors (Lipinski definition) is 2. The average molecular weight is 743 g/mol. The van der Waals surface area contributed by atoms with E-state index in [9.17, 15) is 0 Å². The van der Waals surface area contributed by atoms with Gasteiger partial charge in [-0.2, -0.15) is 0 Å². The van der Waals surface area contributed by atoms with Crippen molar-refractivity contribution < 1.29 is 9.47 Å². The topological polar surface area (TPSA) is 18.5 Å². The number of benzene rings is 5. The Bertz CT molecular complexity index is 1790. The van der Waals surface area contributed by atoms with Crippen LogP contribution in [0.5, 0.6) is 11.5 Å². The highest BCUT2D eigenvalue weighted by molar-refractivity contribution is 5.80. The van der Waals surface area contributed by atoms with Gasteiger partial charge in [-0.1, -0.05) is 236 Å². The Kier molecular flexibility index (Phi) is 18.6. The Morgan fingerprint density at radius 2 is 0.607 bits per heavy atom. The maximum atomic E-state index is 6.58. The van der Waals surface area contributed by atoms with Crippen molar-refractivity contribution in [3.05, 3.63) is 166 Å². The van der Waals surface area contributed by atoms with Crippen LogP contribution < -0.4 is 9.47 Å². The van der Waals surface area contributed by atoms with Crippen molar-refractivity contribution in [1.29, 1.82) is 0 Å². The largest absolute Gasteiger partial charge is 0.493 e. The molecule has 2 heteroatoms. The van der Waals surface area contributed by atoms with Gasteiger partial charge >= 0.3 is 0 Å². The minimum atomic E-state index is 0.703. The van der Waals surface area contributed by atoms with E-state index in [1.54, 1.807) is 0 Å². The smallest absolute Gasteiger partial charge is 0.127 e. The lowest BCUT2D eigenvalue weighted by molar-refractivity contribution is 0.295. The summed E-state index contributed by atoms with van der Waals surface area (Å²) < 4.78 is 13.2. The second kappa shape index (κ2) is 24.9. The maximum absolute atomic E-state index is 6.58. The van der Waals surface area contributed by atoms with Gasteiger partial charge in [0, 0.05) is 11.1 Å². The molecule has 0 saturated carbocycles. The highest BCUT2D eigenvalue weighted by Gasteiger charge is 2.11. The molecule has 0 radical (unpaired) electrons. The lowest BCUT2D eigenvalue weighted by Gasteiger charge is -2.15. The standard InChI is InChI=1S/C54H62O2/c1-3-5-7-9-11-19-41-55-53-43-52(40-38-50-35-31-48(32-36-50)28-26-46-23-17-14-18-24-46)54(56-42-20-12-10-8-6-4-2)44-51(53)39-37-49-33-29-47(30-34-49)27-25-45-21-15-13-16-22-45/h13-18,21-40,43-44H,3-12,19-20,41-42H2,1-2H3. The molecule has 0 amide bonds. The molecule has 56 heavy (non-hydrogen) atoms. The van der Waals surface area contributed by atoms with Gasteiger partial charge in [0.05, 0.1) is 13.2 Å². The molecule has 0 fully saturated rings. The summed E-state index contributed by atoms with van der Waals surface area (Å²) in [6.07, 6.45) is 32.1. The molecule has 0 atom stereocenters. The van der Waals surface area contributed by atoms with Gasteiger partial charge in [0.2, 0.25) is 0 Å². The Labute approximate surface area is 338 Å². The number of unbranched alkanes of at least 4 members (excludes halogenated alkanes) is 10. The number of ether oxygens (including phenoxy) is 2. The molecule has 5 aromatic carbocycles. The lowest BCUT2D eigenvalue weighted by atomic mass is 10.0. The normalized spacial score (nSPS) is 11.8. The Balaban J connectivity index is 1.36. The summed E-state index contributed by atoms with van der Waals surface area (Å²) in [5.74, 6) is 1.79. The van der Waals surface area contributed by atoms with Crippen molar-refractivity contribution in [3.63, 3.8) is 0 Å². The fourth-order valence-corrected chi connectivity index (χ4v) is 6.55. The number of rotatable bonds is 24. The fraction of sp³-hybridized carbons (Fsp3) is 0.296. The maximum Gasteiger partial charge on any atom is 0.127 e. The first kappa shape index (κ1) is 41.8. The summed E-state index contributed by atoms with van der Waals surface area (Å²) in [7, 11) is 0. The highest BCUT2D eigenvalue weighted by Crippen LogP contribution is 2.33. The molecule has 5 aromatic rings. The first-order valence-electron chi connectivity index (χ1n) is 21.2. The van der Waals surface area contributed by atoms with Gasteiger partial charge in [-0.25, -0.2) is 0 Å². The van der Waals surface area contributed by atoms with E-state index < -0.39 is 0 Å². The van der Waals surface area contributed by atoms with Gasteiger partial charge in [-0.05, 0) is 58.4 Å². The van der Waals surface area contributed by atoms with Crippen LogP contribution in [0.4, 0.5) is 0 Å². The predicted molar refractivity (Wildman–Crippen MR) is 246 cm³/mol. The summed E-state index contributed by atoms with van der Waals surface area (Å²) in [5, 5.41) is 0. The lowest BCUT2D eigenvalue weighted by Crippen LogP contribution is -2.03. The monoisotopic (exact) mass is 742 g/mol. The molecule has 0 unspecified atom stereocenters. The summed E-state index contributed by atoms with van der Waals surface area (Å²) >= 11 is 0. The fourth-order valence-electron chi connectivity index (χ4n) is 6.55. The predicted octanol–water partition coefficient (Wildman–Crippen LogP) is 15.8. The van der Waals surface area contributed by atoms with E-state index >= 15 is 0 Å². The molecular weight excluding hydrogens is 681 g/mol. The van der Waals surface area contributed by atoms with Gasteiger partial charge in [-0.15, -0.1) is 0 Å².